The summed E-state index contributed by atoms with van der Waals surface area (Å²) in [7, 11) is -1.76. The molecular weight excluding hydrogens is 509 g/mol. The van der Waals surface area contributed by atoms with Crippen LogP contribution in [0.25, 0.3) is 0 Å². The van der Waals surface area contributed by atoms with Crippen LogP contribution in [0.1, 0.15) is 42.0 Å². The first-order valence-electron chi connectivity index (χ1n) is 11.3. The average molecular weight is 534 g/mol. The van der Waals surface area contributed by atoms with Gasteiger partial charge >= 0.3 is 0 Å². The van der Waals surface area contributed by atoms with E-state index in [9.17, 15) is 8.42 Å². The standard InChI is InChI=1S/C24H25Cl2N5O3S/c1-13-12-27-24(29-16-10-19(25)22(34-2)20(26)11-16)30-23(13)28-15-5-3-14-4-8-21(18(14)9-15)31-35(32,33)17-6-7-17/h3,5,9-12,17,21,31H,4,6-8H2,1-2H3,(H2,27,28,29,30). The van der Waals surface area contributed by atoms with Crippen LogP contribution < -0.4 is 20.1 Å². The van der Waals surface area contributed by atoms with Crippen molar-refractivity contribution in [3.05, 3.63) is 63.3 Å². The number of sulfonamides is 1. The lowest BCUT2D eigenvalue weighted by Gasteiger charge is -2.16. The molecule has 0 amide bonds. The van der Waals surface area contributed by atoms with E-state index in [0.717, 1.165) is 48.1 Å². The van der Waals surface area contributed by atoms with E-state index < -0.39 is 10.0 Å². The van der Waals surface area contributed by atoms with Crippen LogP contribution in [0.15, 0.2) is 36.5 Å². The molecule has 35 heavy (non-hydrogen) atoms. The Morgan fingerprint density at radius 3 is 2.46 bits per heavy atom. The Balaban J connectivity index is 1.35. The third kappa shape index (κ3) is 5.18. The van der Waals surface area contributed by atoms with Crippen molar-refractivity contribution in [1.29, 1.82) is 0 Å². The zero-order valence-corrected chi connectivity index (χ0v) is 21.6. The fourth-order valence-electron chi connectivity index (χ4n) is 4.20. The van der Waals surface area contributed by atoms with Crippen molar-refractivity contribution < 1.29 is 13.2 Å². The van der Waals surface area contributed by atoms with E-state index in [0.29, 0.717) is 33.2 Å². The molecule has 1 saturated carbocycles. The van der Waals surface area contributed by atoms with E-state index in [1.807, 2.05) is 25.1 Å². The molecule has 5 rings (SSSR count). The van der Waals surface area contributed by atoms with Gasteiger partial charge in [0.05, 0.1) is 22.4 Å². The number of hydrogen-bond donors (Lipinski definition) is 3. The number of nitrogens with one attached hydrogen (secondary N) is 3. The second kappa shape index (κ2) is 9.46. The van der Waals surface area contributed by atoms with Crippen LogP contribution in [0.3, 0.4) is 0 Å². The molecule has 3 aromatic rings. The van der Waals surface area contributed by atoms with Crippen LogP contribution in [0, 0.1) is 6.92 Å². The van der Waals surface area contributed by atoms with E-state index in [-0.39, 0.29) is 11.3 Å². The zero-order valence-electron chi connectivity index (χ0n) is 19.2. The maximum atomic E-state index is 12.5. The molecule has 11 heteroatoms. The molecular formula is C24H25Cl2N5O3S. The number of anilines is 4. The number of fused-ring (bicyclic) bond motifs is 1. The van der Waals surface area contributed by atoms with E-state index in [2.05, 4.69) is 25.3 Å². The van der Waals surface area contributed by atoms with Gasteiger partial charge in [-0.2, -0.15) is 4.98 Å². The van der Waals surface area contributed by atoms with Gasteiger partial charge in [0, 0.05) is 29.2 Å². The first-order valence-corrected chi connectivity index (χ1v) is 13.6. The van der Waals surface area contributed by atoms with Gasteiger partial charge in [-0.1, -0.05) is 29.3 Å². The Hall–Kier alpha value is -2.59. The number of halogens is 2. The highest BCUT2D eigenvalue weighted by Gasteiger charge is 2.38. The Kier molecular flexibility index (Phi) is 6.52. The molecule has 0 bridgehead atoms. The quantitative estimate of drug-likeness (QED) is 0.343. The van der Waals surface area contributed by atoms with Gasteiger partial charge in [-0.25, -0.2) is 18.1 Å². The van der Waals surface area contributed by atoms with Crippen LogP contribution in [-0.2, 0) is 16.4 Å². The van der Waals surface area contributed by atoms with Crippen molar-refractivity contribution in [2.45, 2.75) is 43.9 Å². The first kappa shape index (κ1) is 24.1. The van der Waals surface area contributed by atoms with Gasteiger partial charge in [-0.3, -0.25) is 0 Å². The molecule has 1 heterocycles. The summed E-state index contributed by atoms with van der Waals surface area (Å²) in [5, 5.41) is 6.97. The summed E-state index contributed by atoms with van der Waals surface area (Å²) in [4.78, 5) is 8.96. The molecule has 1 atom stereocenters. The maximum absolute atomic E-state index is 12.5. The Morgan fingerprint density at radius 2 is 1.77 bits per heavy atom. The van der Waals surface area contributed by atoms with Gasteiger partial charge in [-0.15, -0.1) is 0 Å². The van der Waals surface area contributed by atoms with Crippen LogP contribution in [0.5, 0.6) is 5.75 Å². The third-order valence-electron chi connectivity index (χ3n) is 6.19. The summed E-state index contributed by atoms with van der Waals surface area (Å²) in [6.07, 6.45) is 4.81. The topological polar surface area (TPSA) is 105 Å². The molecule has 1 fully saturated rings. The number of hydrogen-bond acceptors (Lipinski definition) is 7. The third-order valence-corrected chi connectivity index (χ3v) is 8.71. The summed E-state index contributed by atoms with van der Waals surface area (Å²) in [5.41, 5.74) is 4.47. The van der Waals surface area contributed by atoms with Crippen molar-refractivity contribution in [3.63, 3.8) is 0 Å². The van der Waals surface area contributed by atoms with Crippen molar-refractivity contribution in [2.24, 2.45) is 0 Å². The molecule has 0 saturated heterocycles. The molecule has 2 aromatic carbocycles. The van der Waals surface area contributed by atoms with Crippen molar-refractivity contribution in [1.82, 2.24) is 14.7 Å². The smallest absolute Gasteiger partial charge is 0.229 e. The van der Waals surface area contributed by atoms with Crippen molar-refractivity contribution in [3.8, 4) is 5.75 Å². The molecule has 0 radical (unpaired) electrons. The maximum Gasteiger partial charge on any atom is 0.229 e. The Bertz CT molecular complexity index is 1370. The van der Waals surface area contributed by atoms with Gasteiger partial charge < -0.3 is 15.4 Å². The number of nitrogens with zero attached hydrogens (tertiary/aromatic N) is 2. The highest BCUT2D eigenvalue weighted by Crippen LogP contribution is 2.38. The van der Waals surface area contributed by atoms with E-state index in [4.69, 9.17) is 27.9 Å². The van der Waals surface area contributed by atoms with E-state index >= 15 is 0 Å². The van der Waals surface area contributed by atoms with Crippen molar-refractivity contribution >= 4 is 56.4 Å². The lowest BCUT2D eigenvalue weighted by Crippen LogP contribution is -2.30. The Morgan fingerprint density at radius 1 is 1.03 bits per heavy atom. The van der Waals surface area contributed by atoms with Gasteiger partial charge in [0.25, 0.3) is 0 Å². The molecule has 0 aliphatic heterocycles. The fourth-order valence-corrected chi connectivity index (χ4v) is 6.43. The molecule has 1 unspecified atom stereocenters. The lowest BCUT2D eigenvalue weighted by atomic mass is 10.1. The first-order chi connectivity index (χ1) is 16.7. The average Bonchev–Trinajstić information content (AvgIpc) is 3.60. The number of benzene rings is 2. The second-order valence-electron chi connectivity index (χ2n) is 8.82. The monoisotopic (exact) mass is 533 g/mol. The molecule has 0 spiro atoms. The summed E-state index contributed by atoms with van der Waals surface area (Å²) >= 11 is 12.5. The number of aromatic nitrogens is 2. The van der Waals surface area contributed by atoms with Gasteiger partial charge in [-0.05, 0) is 68.0 Å². The normalized spacial score (nSPS) is 17.2. The zero-order chi connectivity index (χ0) is 24.7. The van der Waals surface area contributed by atoms with E-state index in [1.165, 1.54) is 7.11 Å². The molecule has 2 aliphatic carbocycles. The SMILES string of the molecule is COc1c(Cl)cc(Nc2ncc(C)c(Nc3ccc4c(c3)C(NS(=O)(=O)C3CC3)CC4)n2)cc1Cl. The fraction of sp³-hybridized carbons (Fsp3) is 0.333. The largest absolute Gasteiger partial charge is 0.494 e. The molecule has 8 nitrogen and oxygen atoms in total. The van der Waals surface area contributed by atoms with Crippen LogP contribution in [-0.4, -0.2) is 30.7 Å². The van der Waals surface area contributed by atoms with Gasteiger partial charge in [0.15, 0.2) is 5.75 Å². The highest BCUT2D eigenvalue weighted by molar-refractivity contribution is 7.90. The summed E-state index contributed by atoms with van der Waals surface area (Å²) in [6.45, 7) is 1.91. The summed E-state index contributed by atoms with van der Waals surface area (Å²) < 4.78 is 33.0. The number of rotatable bonds is 8. The molecule has 184 valence electrons. The predicted octanol–water partition coefficient (Wildman–Crippen LogP) is 5.66. The molecule has 1 aromatic heterocycles. The second-order valence-corrected chi connectivity index (χ2v) is 11.6. The van der Waals surface area contributed by atoms with E-state index in [1.54, 1.807) is 18.3 Å². The minimum absolute atomic E-state index is 0.203. The molecule has 2 aliphatic rings. The number of methoxy groups -OCH3 is 1. The van der Waals surface area contributed by atoms with Crippen LogP contribution in [0.4, 0.5) is 23.1 Å². The van der Waals surface area contributed by atoms with Crippen molar-refractivity contribution in [2.75, 3.05) is 17.7 Å². The summed E-state index contributed by atoms with van der Waals surface area (Å²) in [6, 6.07) is 9.19. The minimum atomic E-state index is -3.26. The Labute approximate surface area is 214 Å². The number of aryl methyl sites for hydroxylation is 2. The lowest BCUT2D eigenvalue weighted by molar-refractivity contribution is 0.415. The molecule has 3 N–H and O–H groups in total. The summed E-state index contributed by atoms with van der Waals surface area (Å²) in [5.74, 6) is 1.40. The highest BCUT2D eigenvalue weighted by atomic mass is 35.5. The minimum Gasteiger partial charge on any atom is -0.494 e. The van der Waals surface area contributed by atoms with Crippen LogP contribution >= 0.6 is 23.2 Å². The van der Waals surface area contributed by atoms with Gasteiger partial charge in [0.2, 0.25) is 16.0 Å². The number of ether oxygens (including phenoxy) is 1. The predicted molar refractivity (Wildman–Crippen MR) is 139 cm³/mol. The van der Waals surface area contributed by atoms with Crippen LogP contribution in [0.2, 0.25) is 10.0 Å². The van der Waals surface area contributed by atoms with Gasteiger partial charge in [0.1, 0.15) is 5.82 Å².